The summed E-state index contributed by atoms with van der Waals surface area (Å²) in [4.78, 5) is 0. The van der Waals surface area contributed by atoms with Crippen LogP contribution in [-0.4, -0.2) is 30.6 Å². The molecule has 0 aliphatic carbocycles. The Bertz CT molecular complexity index is 467. The van der Waals surface area contributed by atoms with Crippen molar-refractivity contribution in [2.24, 2.45) is 5.10 Å². The van der Waals surface area contributed by atoms with Crippen molar-refractivity contribution < 1.29 is 4.74 Å². The van der Waals surface area contributed by atoms with E-state index in [1.54, 1.807) is 6.21 Å². The largest absolute Gasteiger partial charge is 0.376 e. The maximum absolute atomic E-state index is 5.50. The van der Waals surface area contributed by atoms with Gasteiger partial charge in [-0.05, 0) is 36.7 Å². The summed E-state index contributed by atoms with van der Waals surface area (Å²) >= 11 is 5.12. The van der Waals surface area contributed by atoms with Crippen LogP contribution < -0.4 is 10.7 Å². The predicted molar refractivity (Wildman–Crippen MR) is 86.7 cm³/mol. The van der Waals surface area contributed by atoms with Gasteiger partial charge in [0.15, 0.2) is 5.11 Å². The van der Waals surface area contributed by atoms with E-state index in [1.807, 2.05) is 42.5 Å². The van der Waals surface area contributed by atoms with Crippen LogP contribution in [0.25, 0.3) is 6.08 Å². The van der Waals surface area contributed by atoms with Crippen LogP contribution in [0.3, 0.4) is 0 Å². The molecule has 1 saturated heterocycles. The van der Waals surface area contributed by atoms with Crippen LogP contribution in [0.2, 0.25) is 0 Å². The molecule has 0 amide bonds. The molecule has 0 radical (unpaired) electrons. The van der Waals surface area contributed by atoms with Crippen LogP contribution in [0.15, 0.2) is 41.5 Å². The average Bonchev–Trinajstić information content (AvgIpc) is 2.99. The number of nitrogens with zero attached hydrogens (tertiary/aromatic N) is 1. The number of rotatable bonds is 5. The quantitative estimate of drug-likeness (QED) is 0.496. The first kappa shape index (κ1) is 14.7. The Morgan fingerprint density at radius 3 is 3.00 bits per heavy atom. The normalized spacial score (nSPS) is 18.7. The second kappa shape index (κ2) is 8.45. The fraction of sp³-hybridized carbons (Fsp3) is 0.333. The van der Waals surface area contributed by atoms with Crippen LogP contribution in [-0.2, 0) is 4.74 Å². The second-order valence-electron chi connectivity index (χ2n) is 4.50. The smallest absolute Gasteiger partial charge is 0.187 e. The summed E-state index contributed by atoms with van der Waals surface area (Å²) in [7, 11) is 0. The summed E-state index contributed by atoms with van der Waals surface area (Å²) in [5.74, 6) is 0. The van der Waals surface area contributed by atoms with E-state index < -0.39 is 0 Å². The van der Waals surface area contributed by atoms with Gasteiger partial charge in [0.05, 0.1) is 6.10 Å². The Balaban J connectivity index is 1.62. The number of nitrogens with one attached hydrogen (secondary N) is 2. The molecule has 1 heterocycles. The van der Waals surface area contributed by atoms with Gasteiger partial charge in [0.1, 0.15) is 0 Å². The molecule has 4 nitrogen and oxygen atoms in total. The van der Waals surface area contributed by atoms with Crippen molar-refractivity contribution in [1.82, 2.24) is 10.7 Å². The van der Waals surface area contributed by atoms with Crippen LogP contribution >= 0.6 is 12.2 Å². The van der Waals surface area contributed by atoms with E-state index in [1.165, 1.54) is 0 Å². The first-order valence-corrected chi connectivity index (χ1v) is 7.15. The molecule has 1 aliphatic heterocycles. The summed E-state index contributed by atoms with van der Waals surface area (Å²) in [5, 5.41) is 7.63. The zero-order valence-corrected chi connectivity index (χ0v) is 12.1. The molecule has 2 rings (SSSR count). The minimum Gasteiger partial charge on any atom is -0.376 e. The molecule has 1 aromatic rings. The Hall–Kier alpha value is -1.72. The van der Waals surface area contributed by atoms with Crippen LogP contribution in [0.1, 0.15) is 18.4 Å². The molecular formula is C15H19N3OS. The summed E-state index contributed by atoms with van der Waals surface area (Å²) < 4.78 is 5.50. The van der Waals surface area contributed by atoms with Crippen molar-refractivity contribution in [3.05, 3.63) is 42.0 Å². The van der Waals surface area contributed by atoms with Crippen LogP contribution in [0.5, 0.6) is 0 Å². The van der Waals surface area contributed by atoms with Gasteiger partial charge >= 0.3 is 0 Å². The summed E-state index contributed by atoms with van der Waals surface area (Å²) in [6.45, 7) is 1.59. The number of hydrogen-bond donors (Lipinski definition) is 2. The molecule has 1 aromatic carbocycles. The summed E-state index contributed by atoms with van der Waals surface area (Å²) in [6.07, 6.45) is 8.02. The highest BCUT2D eigenvalue weighted by Crippen LogP contribution is 2.10. The molecule has 0 unspecified atom stereocenters. The van der Waals surface area contributed by atoms with Crippen molar-refractivity contribution in [3.63, 3.8) is 0 Å². The van der Waals surface area contributed by atoms with Gasteiger partial charge in [-0.1, -0.05) is 36.4 Å². The molecule has 1 aliphatic rings. The Kier molecular flexibility index (Phi) is 6.20. The van der Waals surface area contributed by atoms with E-state index in [4.69, 9.17) is 17.0 Å². The lowest BCUT2D eigenvalue weighted by molar-refractivity contribution is 0.114. The molecule has 5 heteroatoms. The summed E-state index contributed by atoms with van der Waals surface area (Å²) in [5.41, 5.74) is 3.91. The monoisotopic (exact) mass is 289 g/mol. The van der Waals surface area contributed by atoms with E-state index >= 15 is 0 Å². The molecule has 2 N–H and O–H groups in total. The Morgan fingerprint density at radius 2 is 2.25 bits per heavy atom. The second-order valence-corrected chi connectivity index (χ2v) is 4.91. The third-order valence-electron chi connectivity index (χ3n) is 2.93. The molecule has 106 valence electrons. The lowest BCUT2D eigenvalue weighted by Gasteiger charge is -2.11. The third kappa shape index (κ3) is 5.50. The predicted octanol–water partition coefficient (Wildman–Crippen LogP) is 2.33. The highest BCUT2D eigenvalue weighted by molar-refractivity contribution is 7.80. The van der Waals surface area contributed by atoms with E-state index in [2.05, 4.69) is 15.8 Å². The Morgan fingerprint density at radius 1 is 1.40 bits per heavy atom. The van der Waals surface area contributed by atoms with Gasteiger partial charge in [0.25, 0.3) is 0 Å². The molecule has 0 saturated carbocycles. The lowest BCUT2D eigenvalue weighted by Crippen LogP contribution is -2.37. The molecule has 1 atom stereocenters. The van der Waals surface area contributed by atoms with Crippen LogP contribution in [0.4, 0.5) is 0 Å². The Labute approximate surface area is 124 Å². The van der Waals surface area contributed by atoms with Gasteiger partial charge in [-0.3, -0.25) is 5.43 Å². The number of hydrogen-bond acceptors (Lipinski definition) is 3. The summed E-state index contributed by atoms with van der Waals surface area (Å²) in [6, 6.07) is 10.1. The molecular weight excluding hydrogens is 270 g/mol. The number of hydrazone groups is 1. The minimum atomic E-state index is 0.275. The van der Waals surface area contributed by atoms with E-state index in [9.17, 15) is 0 Å². The zero-order valence-electron chi connectivity index (χ0n) is 11.3. The average molecular weight is 289 g/mol. The van der Waals surface area contributed by atoms with Gasteiger partial charge in [-0.2, -0.15) is 5.10 Å². The van der Waals surface area contributed by atoms with Crippen molar-refractivity contribution in [3.8, 4) is 0 Å². The van der Waals surface area contributed by atoms with E-state index in [0.717, 1.165) is 31.6 Å². The van der Waals surface area contributed by atoms with Crippen molar-refractivity contribution >= 4 is 29.6 Å². The first-order chi connectivity index (χ1) is 9.84. The maximum Gasteiger partial charge on any atom is 0.187 e. The molecule has 1 fully saturated rings. The molecule has 0 bridgehead atoms. The van der Waals surface area contributed by atoms with Gasteiger partial charge in [0, 0.05) is 19.4 Å². The molecule has 20 heavy (non-hydrogen) atoms. The van der Waals surface area contributed by atoms with Crippen molar-refractivity contribution in [2.45, 2.75) is 18.9 Å². The van der Waals surface area contributed by atoms with E-state index in [-0.39, 0.29) is 6.10 Å². The van der Waals surface area contributed by atoms with Gasteiger partial charge < -0.3 is 10.1 Å². The van der Waals surface area contributed by atoms with E-state index in [0.29, 0.717) is 5.11 Å². The van der Waals surface area contributed by atoms with Gasteiger partial charge in [-0.25, -0.2) is 0 Å². The lowest BCUT2D eigenvalue weighted by atomic mass is 10.2. The first-order valence-electron chi connectivity index (χ1n) is 6.75. The third-order valence-corrected chi connectivity index (χ3v) is 3.16. The SMILES string of the molecule is S=C(NC[C@H]1CCCO1)N/N=C\C=C\c1ccccc1. The maximum atomic E-state index is 5.50. The topological polar surface area (TPSA) is 45.6 Å². The van der Waals surface area contributed by atoms with Gasteiger partial charge in [-0.15, -0.1) is 0 Å². The number of ether oxygens (including phenoxy) is 1. The zero-order chi connectivity index (χ0) is 14.0. The molecule has 0 aromatic heterocycles. The fourth-order valence-electron chi connectivity index (χ4n) is 1.91. The molecule has 0 spiro atoms. The number of thiocarbonyl (C=S) groups is 1. The minimum absolute atomic E-state index is 0.275. The van der Waals surface area contributed by atoms with Crippen molar-refractivity contribution in [2.75, 3.05) is 13.2 Å². The van der Waals surface area contributed by atoms with Gasteiger partial charge in [0.2, 0.25) is 0 Å². The highest BCUT2D eigenvalue weighted by Gasteiger charge is 2.14. The standard InChI is InChI=1S/C15H19N3OS/c20-15(16-12-14-9-5-11-19-14)18-17-10-4-8-13-6-2-1-3-7-13/h1-4,6-8,10,14H,5,9,11-12H2,(H2,16,18,20)/b8-4+,17-10-/t14-/m1/s1. The number of allylic oxidation sites excluding steroid dienone is 1. The fourth-order valence-corrected chi connectivity index (χ4v) is 2.04. The highest BCUT2D eigenvalue weighted by atomic mass is 32.1. The number of benzene rings is 1. The van der Waals surface area contributed by atoms with Crippen LogP contribution in [0, 0.1) is 0 Å². The van der Waals surface area contributed by atoms with Crippen molar-refractivity contribution in [1.29, 1.82) is 0 Å².